The highest BCUT2D eigenvalue weighted by molar-refractivity contribution is 5.91. The first-order valence-corrected chi connectivity index (χ1v) is 14.2. The lowest BCUT2D eigenvalue weighted by atomic mass is 10.1. The maximum atomic E-state index is 11.7. The van der Waals surface area contributed by atoms with Crippen molar-refractivity contribution < 1.29 is 19.1 Å². The van der Waals surface area contributed by atoms with Crippen LogP contribution in [0.4, 0.5) is 0 Å². The highest BCUT2D eigenvalue weighted by atomic mass is 16.5. The molecule has 194 valence electrons. The summed E-state index contributed by atoms with van der Waals surface area (Å²) in [7, 11) is 0. The van der Waals surface area contributed by atoms with Gasteiger partial charge in [0.2, 0.25) is 0 Å². The molecule has 0 fully saturated rings. The molecule has 0 saturated carbocycles. The Balaban J connectivity index is 3.39. The van der Waals surface area contributed by atoms with Crippen molar-refractivity contribution in [1.29, 1.82) is 0 Å². The summed E-state index contributed by atoms with van der Waals surface area (Å²) < 4.78 is 10.3. The SMILES string of the molecule is CCCCCCCCCCCCCOC(=O)/C=C/C(=O)OCCCCCCCCCCCC. The van der Waals surface area contributed by atoms with Crippen LogP contribution >= 0.6 is 0 Å². The standard InChI is InChI=1S/C29H54O4/c1-3-5-7-9-11-13-15-17-19-21-23-27-33-29(31)25-24-28(30)32-26-22-20-18-16-14-12-10-8-6-4-2/h24-25H,3-23,26-27H2,1-2H3/b25-24+. The van der Waals surface area contributed by atoms with E-state index in [0.717, 1.165) is 25.7 Å². The molecule has 0 N–H and O–H groups in total. The molecule has 0 aliphatic carbocycles. The highest BCUT2D eigenvalue weighted by Gasteiger charge is 2.02. The van der Waals surface area contributed by atoms with Gasteiger partial charge in [-0.2, -0.15) is 0 Å². The summed E-state index contributed by atoms with van der Waals surface area (Å²) in [6.45, 7) is 5.35. The van der Waals surface area contributed by atoms with Crippen LogP contribution in [0, 0.1) is 0 Å². The summed E-state index contributed by atoms with van der Waals surface area (Å²) in [5.74, 6) is -0.921. The summed E-state index contributed by atoms with van der Waals surface area (Å²) in [4.78, 5) is 23.3. The Hall–Kier alpha value is -1.32. The fourth-order valence-electron chi connectivity index (χ4n) is 3.93. The molecule has 4 heteroatoms. The Labute approximate surface area is 205 Å². The number of esters is 2. The number of carbonyl (C=O) groups excluding carboxylic acids is 2. The molecule has 0 bridgehead atoms. The van der Waals surface area contributed by atoms with E-state index in [1.165, 1.54) is 121 Å². The van der Waals surface area contributed by atoms with E-state index in [4.69, 9.17) is 9.47 Å². The predicted molar refractivity (Wildman–Crippen MR) is 139 cm³/mol. The Morgan fingerprint density at radius 1 is 0.424 bits per heavy atom. The van der Waals surface area contributed by atoms with Crippen molar-refractivity contribution in [3.63, 3.8) is 0 Å². The van der Waals surface area contributed by atoms with Gasteiger partial charge in [-0.15, -0.1) is 0 Å². The summed E-state index contributed by atoms with van der Waals surface area (Å²) in [5.41, 5.74) is 0. The third-order valence-corrected chi connectivity index (χ3v) is 6.09. The minimum Gasteiger partial charge on any atom is -0.463 e. The van der Waals surface area contributed by atoms with Crippen molar-refractivity contribution in [1.82, 2.24) is 0 Å². The van der Waals surface area contributed by atoms with Crippen molar-refractivity contribution in [2.75, 3.05) is 13.2 Å². The lowest BCUT2D eigenvalue weighted by molar-refractivity contribution is -0.140. The fraction of sp³-hybridized carbons (Fsp3) is 0.862. The van der Waals surface area contributed by atoms with Gasteiger partial charge in [0.05, 0.1) is 13.2 Å². The summed E-state index contributed by atoms with van der Waals surface area (Å²) >= 11 is 0. The van der Waals surface area contributed by atoms with Gasteiger partial charge in [0.25, 0.3) is 0 Å². The number of hydrogen-bond acceptors (Lipinski definition) is 4. The largest absolute Gasteiger partial charge is 0.463 e. The number of unbranched alkanes of at least 4 members (excludes halogenated alkanes) is 19. The van der Waals surface area contributed by atoms with Gasteiger partial charge in [0, 0.05) is 12.2 Å². The molecule has 0 aromatic rings. The Kier molecular flexibility index (Phi) is 25.9. The van der Waals surface area contributed by atoms with Gasteiger partial charge in [-0.3, -0.25) is 0 Å². The third kappa shape index (κ3) is 26.8. The first-order valence-electron chi connectivity index (χ1n) is 14.2. The zero-order chi connectivity index (χ0) is 24.2. The zero-order valence-corrected chi connectivity index (χ0v) is 22.1. The summed E-state index contributed by atoms with van der Waals surface area (Å²) in [6, 6.07) is 0. The van der Waals surface area contributed by atoms with E-state index >= 15 is 0 Å². The zero-order valence-electron chi connectivity index (χ0n) is 22.1. The van der Waals surface area contributed by atoms with Crippen LogP contribution in [0.2, 0.25) is 0 Å². The molecule has 0 aromatic carbocycles. The van der Waals surface area contributed by atoms with E-state index in [0.29, 0.717) is 13.2 Å². The van der Waals surface area contributed by atoms with Crippen LogP contribution in [-0.2, 0) is 19.1 Å². The molecule has 4 nitrogen and oxygen atoms in total. The molecule has 0 aliphatic rings. The Morgan fingerprint density at radius 2 is 0.667 bits per heavy atom. The number of rotatable bonds is 25. The van der Waals surface area contributed by atoms with Gasteiger partial charge in [0.15, 0.2) is 0 Å². The first kappa shape index (κ1) is 31.7. The second kappa shape index (κ2) is 26.9. The average Bonchev–Trinajstić information content (AvgIpc) is 2.82. The molecule has 0 aliphatic heterocycles. The molecule has 0 heterocycles. The van der Waals surface area contributed by atoms with Crippen molar-refractivity contribution in [2.24, 2.45) is 0 Å². The van der Waals surface area contributed by atoms with E-state index in [1.54, 1.807) is 0 Å². The van der Waals surface area contributed by atoms with Crippen LogP contribution in [0.15, 0.2) is 12.2 Å². The molecule has 0 radical (unpaired) electrons. The number of hydrogen-bond donors (Lipinski definition) is 0. The summed E-state index contributed by atoms with van der Waals surface area (Å²) in [5, 5.41) is 0. The summed E-state index contributed by atoms with van der Waals surface area (Å²) in [6.07, 6.45) is 28.8. The van der Waals surface area contributed by atoms with Gasteiger partial charge in [-0.1, -0.05) is 136 Å². The number of carbonyl (C=O) groups is 2. The Bertz CT molecular complexity index is 459. The van der Waals surface area contributed by atoms with E-state index < -0.39 is 11.9 Å². The monoisotopic (exact) mass is 466 g/mol. The second-order valence-electron chi connectivity index (χ2n) is 9.39. The van der Waals surface area contributed by atoms with Crippen LogP contribution in [0.3, 0.4) is 0 Å². The predicted octanol–water partition coefficient (Wildman–Crippen LogP) is 8.86. The van der Waals surface area contributed by atoms with E-state index in [1.807, 2.05) is 0 Å². The first-order chi connectivity index (χ1) is 16.2. The van der Waals surface area contributed by atoms with Crippen molar-refractivity contribution >= 4 is 11.9 Å². The van der Waals surface area contributed by atoms with Gasteiger partial charge in [-0.25, -0.2) is 9.59 Å². The molecule has 0 spiro atoms. The molecule has 0 saturated heterocycles. The van der Waals surface area contributed by atoms with Gasteiger partial charge in [-0.05, 0) is 12.8 Å². The minimum absolute atomic E-state index is 0.424. The second-order valence-corrected chi connectivity index (χ2v) is 9.39. The maximum Gasteiger partial charge on any atom is 0.331 e. The van der Waals surface area contributed by atoms with Crippen LogP contribution in [0.5, 0.6) is 0 Å². The smallest absolute Gasteiger partial charge is 0.331 e. The highest BCUT2D eigenvalue weighted by Crippen LogP contribution is 2.12. The van der Waals surface area contributed by atoms with Crippen molar-refractivity contribution in [3.05, 3.63) is 12.2 Å². The lowest BCUT2D eigenvalue weighted by Crippen LogP contribution is -2.06. The van der Waals surface area contributed by atoms with E-state index in [-0.39, 0.29) is 0 Å². The molecule has 0 rings (SSSR count). The number of ether oxygens (including phenoxy) is 2. The molecule has 0 unspecified atom stereocenters. The van der Waals surface area contributed by atoms with Crippen LogP contribution < -0.4 is 0 Å². The van der Waals surface area contributed by atoms with Crippen molar-refractivity contribution in [2.45, 2.75) is 149 Å². The normalized spacial score (nSPS) is 11.2. The minimum atomic E-state index is -0.461. The van der Waals surface area contributed by atoms with Gasteiger partial charge < -0.3 is 9.47 Å². The van der Waals surface area contributed by atoms with Crippen LogP contribution in [0.25, 0.3) is 0 Å². The molecule has 33 heavy (non-hydrogen) atoms. The van der Waals surface area contributed by atoms with Gasteiger partial charge >= 0.3 is 11.9 Å². The van der Waals surface area contributed by atoms with Crippen LogP contribution in [0.1, 0.15) is 149 Å². The lowest BCUT2D eigenvalue weighted by Gasteiger charge is -2.04. The molecule has 0 amide bonds. The van der Waals surface area contributed by atoms with E-state index in [9.17, 15) is 9.59 Å². The molecule has 0 atom stereocenters. The molecular weight excluding hydrogens is 412 g/mol. The fourth-order valence-corrected chi connectivity index (χ4v) is 3.93. The third-order valence-electron chi connectivity index (χ3n) is 6.09. The quantitative estimate of drug-likeness (QED) is 0.0765. The average molecular weight is 467 g/mol. The molecule has 0 aromatic heterocycles. The van der Waals surface area contributed by atoms with Gasteiger partial charge in [0.1, 0.15) is 0 Å². The topological polar surface area (TPSA) is 52.6 Å². The van der Waals surface area contributed by atoms with Crippen LogP contribution in [-0.4, -0.2) is 25.2 Å². The van der Waals surface area contributed by atoms with Crippen molar-refractivity contribution in [3.8, 4) is 0 Å². The Morgan fingerprint density at radius 3 is 0.939 bits per heavy atom. The van der Waals surface area contributed by atoms with E-state index in [2.05, 4.69) is 13.8 Å². The maximum absolute atomic E-state index is 11.7. The molecular formula is C29H54O4.